The van der Waals surface area contributed by atoms with Crippen LogP contribution < -0.4 is 16.0 Å². The number of hydrogen-bond acceptors (Lipinski definition) is 4. The highest BCUT2D eigenvalue weighted by Crippen LogP contribution is 2.23. The molecule has 1 fully saturated rings. The van der Waals surface area contributed by atoms with Crippen molar-refractivity contribution in [3.8, 4) is 0 Å². The van der Waals surface area contributed by atoms with Crippen LogP contribution in [0.2, 0.25) is 0 Å². The molecule has 3 rings (SSSR count). The molecule has 0 radical (unpaired) electrons. The van der Waals surface area contributed by atoms with Crippen LogP contribution in [0.4, 0.5) is 21.9 Å². The first-order chi connectivity index (χ1) is 17.2. The number of rotatable bonds is 8. The Hall–Kier alpha value is -3.88. The molecule has 4 N–H and O–H groups in total. The number of para-hydroxylation sites is 1. The van der Waals surface area contributed by atoms with Crippen LogP contribution in [0.5, 0.6) is 0 Å². The third-order valence-corrected chi connectivity index (χ3v) is 5.73. The van der Waals surface area contributed by atoms with E-state index >= 15 is 0 Å². The molecule has 0 bridgehead atoms. The van der Waals surface area contributed by atoms with Crippen LogP contribution in [-0.4, -0.2) is 46.4 Å². The fourth-order valence-corrected chi connectivity index (χ4v) is 3.98. The number of anilines is 3. The zero-order valence-electron chi connectivity index (χ0n) is 21.3. The maximum Gasteiger partial charge on any atom is 0.323 e. The third-order valence-electron chi connectivity index (χ3n) is 5.73. The van der Waals surface area contributed by atoms with E-state index in [2.05, 4.69) is 16.0 Å². The second-order valence-corrected chi connectivity index (χ2v) is 8.61. The largest absolute Gasteiger partial charge is 0.481 e. The molecule has 2 aromatic carbocycles. The molecule has 2 atom stereocenters. The van der Waals surface area contributed by atoms with E-state index in [4.69, 9.17) is 5.11 Å². The average Bonchev–Trinajstić information content (AvgIpc) is 3.33. The maximum atomic E-state index is 12.8. The van der Waals surface area contributed by atoms with Crippen LogP contribution in [0, 0.1) is 12.8 Å². The zero-order chi connectivity index (χ0) is 26.7. The van der Waals surface area contributed by atoms with E-state index in [0.29, 0.717) is 24.3 Å². The molecule has 1 aliphatic heterocycles. The number of nitrogens with zero attached hydrogens (tertiary/aromatic N) is 1. The number of amides is 4. The second kappa shape index (κ2) is 13.9. The van der Waals surface area contributed by atoms with Gasteiger partial charge in [-0.3, -0.25) is 14.4 Å². The Morgan fingerprint density at radius 2 is 1.56 bits per heavy atom. The number of carbonyl (C=O) groups excluding carboxylic acids is 3. The summed E-state index contributed by atoms with van der Waals surface area (Å²) in [6.45, 7) is 8.10. The summed E-state index contributed by atoms with van der Waals surface area (Å²) in [6.07, 6.45) is 1.29. The molecule has 0 saturated carbocycles. The van der Waals surface area contributed by atoms with Crippen molar-refractivity contribution >= 4 is 40.9 Å². The Morgan fingerprint density at radius 3 is 2.17 bits per heavy atom. The van der Waals surface area contributed by atoms with Crippen LogP contribution in [0.15, 0.2) is 48.5 Å². The fraction of sp³-hybridized carbons (Fsp3) is 0.407. The van der Waals surface area contributed by atoms with Gasteiger partial charge in [-0.15, -0.1) is 0 Å². The molecule has 194 valence electrons. The zero-order valence-corrected chi connectivity index (χ0v) is 21.3. The van der Waals surface area contributed by atoms with E-state index in [-0.39, 0.29) is 36.6 Å². The first-order valence-corrected chi connectivity index (χ1v) is 12.3. The predicted molar refractivity (Wildman–Crippen MR) is 141 cm³/mol. The Balaban J connectivity index is 0.00000222. The van der Waals surface area contributed by atoms with Gasteiger partial charge in [0.25, 0.3) is 0 Å². The summed E-state index contributed by atoms with van der Waals surface area (Å²) in [5, 5.41) is 17.3. The van der Waals surface area contributed by atoms with Crippen molar-refractivity contribution in [3.05, 3.63) is 54.1 Å². The molecular formula is C27H36N4O5. The average molecular weight is 497 g/mol. The van der Waals surface area contributed by atoms with Gasteiger partial charge in [-0.25, -0.2) is 4.79 Å². The van der Waals surface area contributed by atoms with Crippen molar-refractivity contribution in [2.45, 2.75) is 59.4 Å². The van der Waals surface area contributed by atoms with Crippen LogP contribution in [0.1, 0.15) is 52.0 Å². The Morgan fingerprint density at radius 1 is 0.944 bits per heavy atom. The van der Waals surface area contributed by atoms with Crippen molar-refractivity contribution in [2.24, 2.45) is 5.92 Å². The fourth-order valence-electron chi connectivity index (χ4n) is 3.98. The molecule has 0 aromatic heterocycles. The molecule has 0 aliphatic carbocycles. The summed E-state index contributed by atoms with van der Waals surface area (Å²) in [4.78, 5) is 50.1. The molecule has 36 heavy (non-hydrogen) atoms. The van der Waals surface area contributed by atoms with Crippen LogP contribution >= 0.6 is 0 Å². The SMILES string of the molecule is CC.Cc1ccccc1NC(=O)Nc1ccc(NC(=O)[C@@H]2CCCN2C(=O)CC(C)CC(=O)O)cc1. The summed E-state index contributed by atoms with van der Waals surface area (Å²) in [5.41, 5.74) is 2.78. The number of benzene rings is 2. The summed E-state index contributed by atoms with van der Waals surface area (Å²) in [7, 11) is 0. The van der Waals surface area contributed by atoms with E-state index < -0.39 is 12.0 Å². The molecule has 1 saturated heterocycles. The highest BCUT2D eigenvalue weighted by Gasteiger charge is 2.34. The van der Waals surface area contributed by atoms with Crippen LogP contribution in [-0.2, 0) is 14.4 Å². The number of aliphatic carboxylic acids is 1. The minimum atomic E-state index is -0.943. The number of carboxylic acid groups (broad SMARTS) is 1. The van der Waals surface area contributed by atoms with Crippen LogP contribution in [0.25, 0.3) is 0 Å². The van der Waals surface area contributed by atoms with Crippen molar-refractivity contribution in [3.63, 3.8) is 0 Å². The van der Waals surface area contributed by atoms with E-state index in [1.165, 1.54) is 0 Å². The van der Waals surface area contributed by atoms with Crippen molar-refractivity contribution in [1.29, 1.82) is 0 Å². The van der Waals surface area contributed by atoms with E-state index in [1.807, 2.05) is 45.0 Å². The maximum absolute atomic E-state index is 12.8. The first-order valence-electron chi connectivity index (χ1n) is 12.3. The third kappa shape index (κ3) is 8.41. The van der Waals surface area contributed by atoms with Gasteiger partial charge in [-0.1, -0.05) is 39.0 Å². The van der Waals surface area contributed by atoms with Crippen molar-refractivity contribution in [2.75, 3.05) is 22.5 Å². The van der Waals surface area contributed by atoms with E-state index in [0.717, 1.165) is 17.7 Å². The van der Waals surface area contributed by atoms with Crippen LogP contribution in [0.3, 0.4) is 0 Å². The van der Waals surface area contributed by atoms with Gasteiger partial charge in [0.2, 0.25) is 11.8 Å². The Kier molecular flexibility index (Phi) is 10.9. The monoisotopic (exact) mass is 496 g/mol. The highest BCUT2D eigenvalue weighted by atomic mass is 16.4. The summed E-state index contributed by atoms with van der Waals surface area (Å²) < 4.78 is 0. The molecule has 1 aliphatic rings. The van der Waals surface area contributed by atoms with Gasteiger partial charge in [0, 0.05) is 36.4 Å². The number of likely N-dealkylation sites (tertiary alicyclic amines) is 1. The molecule has 9 heteroatoms. The Labute approximate surface area is 212 Å². The lowest BCUT2D eigenvalue weighted by atomic mass is 10.0. The molecule has 2 aromatic rings. The number of urea groups is 1. The van der Waals surface area contributed by atoms with E-state index in [1.54, 1.807) is 36.1 Å². The van der Waals surface area contributed by atoms with Gasteiger partial charge in [0.1, 0.15) is 6.04 Å². The van der Waals surface area contributed by atoms with Gasteiger partial charge < -0.3 is 26.0 Å². The quantitative estimate of drug-likeness (QED) is 0.404. The number of hydrogen-bond donors (Lipinski definition) is 4. The molecule has 1 unspecified atom stereocenters. The van der Waals surface area contributed by atoms with Crippen molar-refractivity contribution < 1.29 is 24.3 Å². The molecule has 1 heterocycles. The number of carbonyl (C=O) groups is 4. The van der Waals surface area contributed by atoms with Crippen molar-refractivity contribution in [1.82, 2.24) is 4.90 Å². The highest BCUT2D eigenvalue weighted by molar-refractivity contribution is 6.01. The summed E-state index contributed by atoms with van der Waals surface area (Å²) >= 11 is 0. The van der Waals surface area contributed by atoms with E-state index in [9.17, 15) is 19.2 Å². The minimum Gasteiger partial charge on any atom is -0.481 e. The standard InChI is InChI=1S/C25H30N4O5.C2H6/c1-16(15-23(31)32)14-22(30)29-13-5-8-21(29)24(33)26-18-9-11-19(12-10-18)27-25(34)28-20-7-4-3-6-17(20)2;1-2/h3-4,6-7,9-12,16,21H,5,8,13-15H2,1-2H3,(H,26,33)(H,31,32)(H2,27,28,34);1-2H3/t16?,21-;/m0./s1. The second-order valence-electron chi connectivity index (χ2n) is 8.61. The summed E-state index contributed by atoms with van der Waals surface area (Å²) in [6, 6.07) is 13.2. The van der Waals surface area contributed by atoms with Gasteiger partial charge in [-0.05, 0) is 61.6 Å². The smallest absolute Gasteiger partial charge is 0.323 e. The molecule has 4 amide bonds. The van der Waals surface area contributed by atoms with Gasteiger partial charge in [0.15, 0.2) is 0 Å². The Bertz CT molecular complexity index is 1050. The minimum absolute atomic E-state index is 0.0835. The molecule has 0 spiro atoms. The summed E-state index contributed by atoms with van der Waals surface area (Å²) in [5.74, 6) is -1.72. The van der Waals surface area contributed by atoms with Gasteiger partial charge in [-0.2, -0.15) is 0 Å². The normalized spacial score (nSPS) is 15.2. The lowest BCUT2D eigenvalue weighted by Gasteiger charge is -2.25. The number of carboxylic acids is 1. The first kappa shape index (κ1) is 28.4. The lowest BCUT2D eigenvalue weighted by molar-refractivity contribution is -0.140. The molecular weight excluding hydrogens is 460 g/mol. The lowest BCUT2D eigenvalue weighted by Crippen LogP contribution is -2.43. The topological polar surface area (TPSA) is 128 Å². The molecule has 9 nitrogen and oxygen atoms in total. The number of nitrogens with one attached hydrogen (secondary N) is 3. The predicted octanol–water partition coefficient (Wildman–Crippen LogP) is 5.10. The van der Waals surface area contributed by atoms with Gasteiger partial charge >= 0.3 is 12.0 Å². The number of aryl methyl sites for hydroxylation is 1. The van der Waals surface area contributed by atoms with Gasteiger partial charge in [0.05, 0.1) is 0 Å².